The van der Waals surface area contributed by atoms with Crippen LogP contribution >= 0.6 is 11.3 Å². The molecule has 4 rings (SSSR count). The maximum atomic E-state index is 12.7. The van der Waals surface area contributed by atoms with Crippen LogP contribution in [-0.2, 0) is 13.1 Å². The van der Waals surface area contributed by atoms with Gasteiger partial charge in [0.15, 0.2) is 5.82 Å². The molecule has 158 valence electrons. The summed E-state index contributed by atoms with van der Waals surface area (Å²) in [4.78, 5) is 23.6. The highest BCUT2D eigenvalue weighted by molar-refractivity contribution is 7.12. The zero-order valence-corrected chi connectivity index (χ0v) is 17.8. The normalized spacial score (nSPS) is 10.9. The van der Waals surface area contributed by atoms with Gasteiger partial charge in [-0.2, -0.15) is 9.78 Å². The number of benzene rings is 1. The predicted molar refractivity (Wildman–Crippen MR) is 118 cm³/mol. The lowest BCUT2D eigenvalue weighted by atomic mass is 10.2. The van der Waals surface area contributed by atoms with Crippen molar-refractivity contribution in [2.75, 3.05) is 5.32 Å². The standard InChI is InChI=1S/C21H20N6O3S/c1-14-8-19(23-25(14)11-16-6-4-3-5-7-16)22-21(28)18-10-17(13-31-18)12-26-15(2)9-20(24-26)27(29)30/h3-10,13H,11-12H2,1-2H3,(H,22,23,28). The number of carbonyl (C=O) groups excluding carboxylic acids is 1. The van der Waals surface area contributed by atoms with E-state index in [-0.39, 0.29) is 11.7 Å². The number of rotatable bonds is 7. The number of hydrogen-bond acceptors (Lipinski definition) is 6. The topological polar surface area (TPSA) is 108 Å². The maximum absolute atomic E-state index is 12.7. The Labute approximate surface area is 182 Å². The molecule has 1 amide bonds. The van der Waals surface area contributed by atoms with Gasteiger partial charge in [-0.25, -0.2) is 0 Å². The Morgan fingerprint density at radius 3 is 2.42 bits per heavy atom. The van der Waals surface area contributed by atoms with Crippen molar-refractivity contribution in [1.82, 2.24) is 19.6 Å². The summed E-state index contributed by atoms with van der Waals surface area (Å²) < 4.78 is 3.40. The van der Waals surface area contributed by atoms with E-state index in [1.807, 2.05) is 53.4 Å². The van der Waals surface area contributed by atoms with E-state index in [0.29, 0.717) is 29.5 Å². The highest BCUT2D eigenvalue weighted by atomic mass is 32.1. The molecule has 0 unspecified atom stereocenters. The minimum Gasteiger partial charge on any atom is -0.358 e. The van der Waals surface area contributed by atoms with Crippen LogP contribution in [0.25, 0.3) is 0 Å². The van der Waals surface area contributed by atoms with Crippen molar-refractivity contribution < 1.29 is 9.72 Å². The van der Waals surface area contributed by atoms with E-state index >= 15 is 0 Å². The van der Waals surface area contributed by atoms with Gasteiger partial charge < -0.3 is 15.4 Å². The van der Waals surface area contributed by atoms with Gasteiger partial charge in [-0.1, -0.05) is 30.3 Å². The smallest absolute Gasteiger partial charge is 0.358 e. The summed E-state index contributed by atoms with van der Waals surface area (Å²) in [7, 11) is 0. The van der Waals surface area contributed by atoms with Crippen molar-refractivity contribution in [3.63, 3.8) is 0 Å². The molecular formula is C21H20N6O3S. The largest absolute Gasteiger partial charge is 0.390 e. The molecule has 1 aromatic carbocycles. The molecule has 10 heteroatoms. The summed E-state index contributed by atoms with van der Waals surface area (Å²) in [6, 6.07) is 15.0. The monoisotopic (exact) mass is 436 g/mol. The van der Waals surface area contributed by atoms with E-state index in [1.54, 1.807) is 17.7 Å². The number of amides is 1. The highest BCUT2D eigenvalue weighted by Gasteiger charge is 2.17. The zero-order chi connectivity index (χ0) is 22.0. The molecular weight excluding hydrogens is 416 g/mol. The SMILES string of the molecule is Cc1cc(NC(=O)c2cc(Cn3nc([N+](=O)[O-])cc3C)cs2)nn1Cc1ccccc1. The summed E-state index contributed by atoms with van der Waals surface area (Å²) in [5.74, 6) is 0.0582. The molecule has 0 aliphatic rings. The average molecular weight is 436 g/mol. The number of thiophene rings is 1. The summed E-state index contributed by atoms with van der Waals surface area (Å²) in [6.07, 6.45) is 0. The number of aryl methyl sites for hydroxylation is 2. The summed E-state index contributed by atoms with van der Waals surface area (Å²) in [6.45, 7) is 4.68. The molecule has 0 fully saturated rings. The minimum absolute atomic E-state index is 0.188. The molecule has 0 atom stereocenters. The van der Waals surface area contributed by atoms with E-state index in [2.05, 4.69) is 15.5 Å². The first-order valence-corrected chi connectivity index (χ1v) is 10.4. The molecule has 0 aliphatic carbocycles. The number of hydrogen-bond donors (Lipinski definition) is 1. The van der Waals surface area contributed by atoms with Gasteiger partial charge in [-0.3, -0.25) is 9.48 Å². The van der Waals surface area contributed by atoms with Gasteiger partial charge in [0, 0.05) is 11.8 Å². The Kier molecular flexibility index (Phi) is 5.63. The Hall–Kier alpha value is -3.79. The Morgan fingerprint density at radius 1 is 1.03 bits per heavy atom. The fraction of sp³-hybridized carbons (Fsp3) is 0.190. The number of nitro groups is 1. The summed E-state index contributed by atoms with van der Waals surface area (Å²) in [5.41, 5.74) is 3.61. The van der Waals surface area contributed by atoms with E-state index in [0.717, 1.165) is 16.8 Å². The van der Waals surface area contributed by atoms with Crippen LogP contribution in [0, 0.1) is 24.0 Å². The number of aromatic nitrogens is 4. The summed E-state index contributed by atoms with van der Waals surface area (Å²) in [5, 5.41) is 24.0. The van der Waals surface area contributed by atoms with Gasteiger partial charge in [0.25, 0.3) is 5.91 Å². The van der Waals surface area contributed by atoms with Crippen LogP contribution in [0.5, 0.6) is 0 Å². The van der Waals surface area contributed by atoms with Crippen molar-refractivity contribution in [1.29, 1.82) is 0 Å². The van der Waals surface area contributed by atoms with E-state index in [4.69, 9.17) is 0 Å². The van der Waals surface area contributed by atoms with Gasteiger partial charge in [-0.05, 0) is 41.3 Å². The van der Waals surface area contributed by atoms with Gasteiger partial charge in [-0.15, -0.1) is 11.3 Å². The molecule has 0 spiro atoms. The third-order valence-corrected chi connectivity index (χ3v) is 5.74. The second kappa shape index (κ2) is 8.52. The van der Waals surface area contributed by atoms with Crippen LogP contribution in [0.3, 0.4) is 0 Å². The first-order valence-electron chi connectivity index (χ1n) is 9.55. The second-order valence-electron chi connectivity index (χ2n) is 7.15. The van der Waals surface area contributed by atoms with Crippen molar-refractivity contribution in [2.24, 2.45) is 0 Å². The fourth-order valence-electron chi connectivity index (χ4n) is 3.16. The number of nitrogens with one attached hydrogen (secondary N) is 1. The highest BCUT2D eigenvalue weighted by Crippen LogP contribution is 2.20. The molecule has 9 nitrogen and oxygen atoms in total. The molecule has 1 N–H and O–H groups in total. The molecule has 3 aromatic heterocycles. The number of anilines is 1. The predicted octanol–water partition coefficient (Wildman–Crippen LogP) is 4.02. The quantitative estimate of drug-likeness (QED) is 0.348. The first kappa shape index (κ1) is 20.5. The van der Waals surface area contributed by atoms with E-state index < -0.39 is 4.92 Å². The minimum atomic E-state index is -0.519. The van der Waals surface area contributed by atoms with E-state index in [9.17, 15) is 14.9 Å². The molecule has 0 saturated carbocycles. The molecule has 0 radical (unpaired) electrons. The van der Waals surface area contributed by atoms with Crippen LogP contribution in [0.15, 0.2) is 53.9 Å². The molecule has 3 heterocycles. The lowest BCUT2D eigenvalue weighted by Crippen LogP contribution is -2.11. The van der Waals surface area contributed by atoms with Crippen LogP contribution in [0.2, 0.25) is 0 Å². The number of nitrogens with zero attached hydrogens (tertiary/aromatic N) is 5. The zero-order valence-electron chi connectivity index (χ0n) is 17.0. The molecule has 0 bridgehead atoms. The van der Waals surface area contributed by atoms with Crippen LogP contribution in [0.4, 0.5) is 11.6 Å². The van der Waals surface area contributed by atoms with E-state index in [1.165, 1.54) is 17.4 Å². The van der Waals surface area contributed by atoms with Gasteiger partial charge in [0.05, 0.1) is 34.8 Å². The van der Waals surface area contributed by atoms with Crippen molar-refractivity contribution in [3.8, 4) is 0 Å². The van der Waals surface area contributed by atoms with Gasteiger partial charge in [0.1, 0.15) is 0 Å². The van der Waals surface area contributed by atoms with Crippen molar-refractivity contribution in [3.05, 3.63) is 91.4 Å². The molecule has 4 aromatic rings. The fourth-order valence-corrected chi connectivity index (χ4v) is 3.96. The Morgan fingerprint density at radius 2 is 1.71 bits per heavy atom. The number of carbonyl (C=O) groups is 1. The third kappa shape index (κ3) is 4.69. The van der Waals surface area contributed by atoms with Gasteiger partial charge in [0.2, 0.25) is 0 Å². The van der Waals surface area contributed by atoms with Gasteiger partial charge >= 0.3 is 5.82 Å². The molecule has 31 heavy (non-hydrogen) atoms. The lowest BCUT2D eigenvalue weighted by Gasteiger charge is -2.04. The molecule has 0 saturated heterocycles. The van der Waals surface area contributed by atoms with Crippen LogP contribution < -0.4 is 5.32 Å². The van der Waals surface area contributed by atoms with Crippen LogP contribution in [0.1, 0.15) is 32.2 Å². The molecule has 0 aliphatic heterocycles. The second-order valence-corrected chi connectivity index (χ2v) is 8.06. The van der Waals surface area contributed by atoms with Crippen molar-refractivity contribution in [2.45, 2.75) is 26.9 Å². The maximum Gasteiger partial charge on any atom is 0.390 e. The average Bonchev–Trinajstić information content (AvgIpc) is 3.43. The Balaban J connectivity index is 1.42. The Bertz CT molecular complexity index is 1240. The first-order chi connectivity index (χ1) is 14.9. The van der Waals surface area contributed by atoms with Crippen molar-refractivity contribution >= 4 is 28.9 Å². The third-order valence-electron chi connectivity index (χ3n) is 4.76. The lowest BCUT2D eigenvalue weighted by molar-refractivity contribution is -0.389. The van der Waals surface area contributed by atoms with Crippen LogP contribution in [-0.4, -0.2) is 30.4 Å². The summed E-state index contributed by atoms with van der Waals surface area (Å²) >= 11 is 1.31.